The van der Waals surface area contributed by atoms with Crippen molar-refractivity contribution in [3.05, 3.63) is 35.4 Å². The molecule has 1 aliphatic rings. The van der Waals surface area contributed by atoms with E-state index in [4.69, 9.17) is 0 Å². The van der Waals surface area contributed by atoms with Crippen molar-refractivity contribution in [2.45, 2.75) is 46.3 Å². The van der Waals surface area contributed by atoms with Crippen LogP contribution in [0.25, 0.3) is 0 Å². The molecule has 0 bridgehead atoms. The summed E-state index contributed by atoms with van der Waals surface area (Å²) in [5.74, 6) is 1.89. The molecule has 2 heteroatoms. The van der Waals surface area contributed by atoms with Crippen molar-refractivity contribution in [3.63, 3.8) is 0 Å². The molecule has 0 radical (unpaired) electrons. The molecule has 0 aromatic heterocycles. The lowest BCUT2D eigenvalue weighted by Gasteiger charge is -2.17. The first-order valence-corrected chi connectivity index (χ1v) is 7.54. The van der Waals surface area contributed by atoms with E-state index in [2.05, 4.69) is 62.3 Å². The molecule has 1 N–H and O–H groups in total. The molecule has 1 aromatic rings. The second-order valence-electron chi connectivity index (χ2n) is 6.52. The largest absolute Gasteiger partial charge is 0.310 e. The Labute approximate surface area is 118 Å². The van der Waals surface area contributed by atoms with Crippen LogP contribution in [0.3, 0.4) is 0 Å². The Balaban J connectivity index is 1.77. The Bertz CT molecular complexity index is 383. The van der Waals surface area contributed by atoms with Crippen LogP contribution in [0.1, 0.15) is 38.3 Å². The van der Waals surface area contributed by atoms with Crippen molar-refractivity contribution >= 4 is 0 Å². The molecular weight excluding hydrogens is 232 g/mol. The van der Waals surface area contributed by atoms with Crippen LogP contribution in [-0.4, -0.2) is 24.5 Å². The summed E-state index contributed by atoms with van der Waals surface area (Å²) in [5.41, 5.74) is 2.79. The van der Waals surface area contributed by atoms with E-state index in [1.807, 2.05) is 0 Å². The third kappa shape index (κ3) is 4.96. The van der Waals surface area contributed by atoms with E-state index in [-0.39, 0.29) is 0 Å². The molecule has 1 aromatic carbocycles. The second-order valence-corrected chi connectivity index (χ2v) is 6.52. The number of hydrogen-bond acceptors (Lipinski definition) is 2. The highest BCUT2D eigenvalue weighted by molar-refractivity contribution is 5.22. The monoisotopic (exact) mass is 260 g/mol. The van der Waals surface area contributed by atoms with Gasteiger partial charge in [-0.1, -0.05) is 45.0 Å². The van der Waals surface area contributed by atoms with Crippen molar-refractivity contribution in [2.75, 3.05) is 13.6 Å². The molecule has 2 rings (SSSR count). The lowest BCUT2D eigenvalue weighted by Crippen LogP contribution is -2.22. The molecule has 0 saturated heterocycles. The summed E-state index contributed by atoms with van der Waals surface area (Å²) in [7, 11) is 2.24. The fourth-order valence-electron chi connectivity index (χ4n) is 2.51. The van der Waals surface area contributed by atoms with Gasteiger partial charge in [-0.25, -0.2) is 0 Å². The van der Waals surface area contributed by atoms with Gasteiger partial charge in [-0.15, -0.1) is 0 Å². The van der Waals surface area contributed by atoms with E-state index in [0.717, 1.165) is 24.9 Å². The van der Waals surface area contributed by atoms with Crippen LogP contribution in [0.2, 0.25) is 0 Å². The Hall–Kier alpha value is -0.860. The first-order chi connectivity index (χ1) is 9.04. The van der Waals surface area contributed by atoms with E-state index >= 15 is 0 Å². The van der Waals surface area contributed by atoms with Gasteiger partial charge in [0.25, 0.3) is 0 Å². The number of nitrogens with one attached hydrogen (secondary N) is 1. The molecule has 0 aliphatic heterocycles. The van der Waals surface area contributed by atoms with Crippen LogP contribution >= 0.6 is 0 Å². The van der Waals surface area contributed by atoms with Crippen molar-refractivity contribution in [1.82, 2.24) is 10.2 Å². The molecule has 1 aliphatic carbocycles. The fourth-order valence-corrected chi connectivity index (χ4v) is 2.51. The molecular formula is C17H28N2. The maximum Gasteiger partial charge on any atom is 0.0230 e. The van der Waals surface area contributed by atoms with Crippen LogP contribution in [0, 0.1) is 11.8 Å². The molecule has 1 saturated carbocycles. The van der Waals surface area contributed by atoms with Gasteiger partial charge in [0, 0.05) is 25.7 Å². The van der Waals surface area contributed by atoms with Gasteiger partial charge in [0.1, 0.15) is 0 Å². The Morgan fingerprint density at radius 2 is 1.79 bits per heavy atom. The normalized spacial score (nSPS) is 22.2. The standard InChI is InChI=1S/C17H28N2/c1-13(2)18-10-15-5-7-16(8-6-15)11-19(4)12-17-9-14(17)3/h5-8,13-14,17-18H,9-12H2,1-4H3. The third-order valence-electron chi connectivity index (χ3n) is 4.01. The van der Waals surface area contributed by atoms with E-state index in [1.54, 1.807) is 0 Å². The topological polar surface area (TPSA) is 15.3 Å². The van der Waals surface area contributed by atoms with E-state index in [1.165, 1.54) is 24.1 Å². The molecule has 2 unspecified atom stereocenters. The van der Waals surface area contributed by atoms with Crippen LogP contribution in [-0.2, 0) is 13.1 Å². The third-order valence-corrected chi connectivity index (χ3v) is 4.01. The predicted octanol–water partition coefficient (Wildman–Crippen LogP) is 3.27. The van der Waals surface area contributed by atoms with Crippen molar-refractivity contribution in [2.24, 2.45) is 11.8 Å². The maximum atomic E-state index is 3.45. The Morgan fingerprint density at radius 1 is 1.21 bits per heavy atom. The molecule has 2 nitrogen and oxygen atoms in total. The smallest absolute Gasteiger partial charge is 0.0230 e. The first kappa shape index (κ1) is 14.5. The highest BCUT2D eigenvalue weighted by Gasteiger charge is 2.32. The number of hydrogen-bond donors (Lipinski definition) is 1. The van der Waals surface area contributed by atoms with E-state index in [9.17, 15) is 0 Å². The molecule has 0 heterocycles. The first-order valence-electron chi connectivity index (χ1n) is 7.54. The summed E-state index contributed by atoms with van der Waals surface area (Å²) in [6, 6.07) is 9.58. The summed E-state index contributed by atoms with van der Waals surface area (Å²) < 4.78 is 0. The zero-order valence-electron chi connectivity index (χ0n) is 12.8. The van der Waals surface area contributed by atoms with Gasteiger partial charge in [-0.05, 0) is 36.4 Å². The van der Waals surface area contributed by atoms with Crippen molar-refractivity contribution in [3.8, 4) is 0 Å². The quantitative estimate of drug-likeness (QED) is 0.809. The molecule has 0 spiro atoms. The number of nitrogens with zero attached hydrogens (tertiary/aromatic N) is 1. The number of benzene rings is 1. The van der Waals surface area contributed by atoms with Crippen molar-refractivity contribution in [1.29, 1.82) is 0 Å². The minimum Gasteiger partial charge on any atom is -0.310 e. The summed E-state index contributed by atoms with van der Waals surface area (Å²) in [4.78, 5) is 2.45. The van der Waals surface area contributed by atoms with Gasteiger partial charge < -0.3 is 10.2 Å². The summed E-state index contributed by atoms with van der Waals surface area (Å²) in [5, 5.41) is 3.45. The van der Waals surface area contributed by atoms with Gasteiger partial charge in [-0.2, -0.15) is 0 Å². The lowest BCUT2D eigenvalue weighted by molar-refractivity contribution is 0.307. The maximum absolute atomic E-state index is 3.45. The van der Waals surface area contributed by atoms with E-state index in [0.29, 0.717) is 6.04 Å². The molecule has 1 fully saturated rings. The summed E-state index contributed by atoms with van der Waals surface area (Å²) in [6.45, 7) is 10.0. The van der Waals surface area contributed by atoms with Crippen molar-refractivity contribution < 1.29 is 0 Å². The van der Waals surface area contributed by atoms with Gasteiger partial charge in [0.15, 0.2) is 0 Å². The minimum absolute atomic E-state index is 0.548. The minimum atomic E-state index is 0.548. The summed E-state index contributed by atoms with van der Waals surface area (Å²) >= 11 is 0. The van der Waals surface area contributed by atoms with Crippen LogP contribution in [0.4, 0.5) is 0 Å². The Morgan fingerprint density at radius 3 is 2.32 bits per heavy atom. The SMILES string of the molecule is CC(C)NCc1ccc(CN(C)CC2CC2C)cc1. The molecule has 0 amide bonds. The van der Waals surface area contributed by atoms with E-state index < -0.39 is 0 Å². The van der Waals surface area contributed by atoms with Gasteiger partial charge >= 0.3 is 0 Å². The molecule has 19 heavy (non-hydrogen) atoms. The van der Waals surface area contributed by atoms with Crippen LogP contribution in [0.15, 0.2) is 24.3 Å². The molecule has 2 atom stereocenters. The highest BCUT2D eigenvalue weighted by atomic mass is 15.1. The number of rotatable bonds is 7. The van der Waals surface area contributed by atoms with Gasteiger partial charge in [0.2, 0.25) is 0 Å². The zero-order chi connectivity index (χ0) is 13.8. The average Bonchev–Trinajstić information content (AvgIpc) is 3.03. The fraction of sp³-hybridized carbons (Fsp3) is 0.647. The highest BCUT2D eigenvalue weighted by Crippen LogP contribution is 2.38. The van der Waals surface area contributed by atoms with Gasteiger partial charge in [-0.3, -0.25) is 0 Å². The second kappa shape index (κ2) is 6.53. The van der Waals surface area contributed by atoms with Crippen LogP contribution < -0.4 is 5.32 Å². The molecule has 106 valence electrons. The lowest BCUT2D eigenvalue weighted by atomic mass is 10.1. The predicted molar refractivity (Wildman–Crippen MR) is 82.0 cm³/mol. The average molecular weight is 260 g/mol. The van der Waals surface area contributed by atoms with Gasteiger partial charge in [0.05, 0.1) is 0 Å². The zero-order valence-corrected chi connectivity index (χ0v) is 12.8. The Kier molecular flexibility index (Phi) is 5.00. The summed E-state index contributed by atoms with van der Waals surface area (Å²) in [6.07, 6.45) is 1.42. The van der Waals surface area contributed by atoms with Crippen LogP contribution in [0.5, 0.6) is 0 Å².